The average molecular weight is 303 g/mol. The van der Waals surface area contributed by atoms with E-state index in [1.54, 1.807) is 11.3 Å². The van der Waals surface area contributed by atoms with Crippen molar-refractivity contribution in [3.63, 3.8) is 0 Å². The molecule has 1 unspecified atom stereocenters. The van der Waals surface area contributed by atoms with E-state index in [0.29, 0.717) is 6.04 Å². The second-order valence-corrected chi connectivity index (χ2v) is 6.18. The number of imidazole rings is 1. The van der Waals surface area contributed by atoms with Crippen LogP contribution in [0, 0.1) is 0 Å². The Hall–Kier alpha value is -1.58. The van der Waals surface area contributed by atoms with Crippen molar-refractivity contribution in [2.24, 2.45) is 0 Å². The summed E-state index contributed by atoms with van der Waals surface area (Å²) in [5.74, 6) is 0. The summed E-state index contributed by atoms with van der Waals surface area (Å²) in [6.07, 6.45) is 6.74. The fourth-order valence-corrected chi connectivity index (χ4v) is 3.42. The molecule has 2 nitrogen and oxygen atoms in total. The fourth-order valence-electron chi connectivity index (χ4n) is 2.46. The maximum absolute atomic E-state index is 6.19. The van der Waals surface area contributed by atoms with E-state index in [9.17, 15) is 0 Å². The summed E-state index contributed by atoms with van der Waals surface area (Å²) in [7, 11) is 0. The zero-order chi connectivity index (χ0) is 13.9. The van der Waals surface area contributed by atoms with Crippen LogP contribution in [-0.2, 0) is 0 Å². The number of aromatic nitrogens is 2. The van der Waals surface area contributed by atoms with Crippen LogP contribution in [0.4, 0.5) is 0 Å². The highest BCUT2D eigenvalue weighted by Gasteiger charge is 2.11. The fraction of sp³-hybridized carbons (Fsp3) is 0.188. The first-order chi connectivity index (χ1) is 9.79. The van der Waals surface area contributed by atoms with Crippen LogP contribution in [0.2, 0.25) is 4.34 Å². The van der Waals surface area contributed by atoms with Crippen molar-refractivity contribution < 1.29 is 0 Å². The number of halogens is 1. The van der Waals surface area contributed by atoms with Crippen molar-refractivity contribution in [2.75, 3.05) is 0 Å². The van der Waals surface area contributed by atoms with Gasteiger partial charge >= 0.3 is 0 Å². The van der Waals surface area contributed by atoms with Crippen molar-refractivity contribution in [1.29, 1.82) is 0 Å². The van der Waals surface area contributed by atoms with Gasteiger partial charge in [0.2, 0.25) is 0 Å². The lowest BCUT2D eigenvalue weighted by molar-refractivity contribution is 0.566. The highest BCUT2D eigenvalue weighted by molar-refractivity contribution is 7.15. The van der Waals surface area contributed by atoms with Gasteiger partial charge in [0.15, 0.2) is 0 Å². The van der Waals surface area contributed by atoms with Crippen LogP contribution in [0.1, 0.15) is 24.9 Å². The van der Waals surface area contributed by atoms with Gasteiger partial charge < -0.3 is 4.57 Å². The molecular formula is C16H15ClN2S. The van der Waals surface area contributed by atoms with Crippen LogP contribution in [0.3, 0.4) is 0 Å². The molecule has 2 heterocycles. The molecule has 0 saturated carbocycles. The summed E-state index contributed by atoms with van der Waals surface area (Å²) < 4.78 is 2.99. The lowest BCUT2D eigenvalue weighted by Crippen LogP contribution is -2.07. The molecule has 0 fully saturated rings. The van der Waals surface area contributed by atoms with Crippen molar-refractivity contribution >= 4 is 22.9 Å². The van der Waals surface area contributed by atoms with E-state index in [4.69, 9.17) is 11.6 Å². The highest BCUT2D eigenvalue weighted by Crippen LogP contribution is 2.33. The van der Waals surface area contributed by atoms with Crippen molar-refractivity contribution in [3.8, 4) is 11.1 Å². The molecule has 0 aliphatic rings. The molecule has 1 aromatic carbocycles. The summed E-state index contributed by atoms with van der Waals surface area (Å²) >= 11 is 7.76. The molecule has 0 spiro atoms. The van der Waals surface area contributed by atoms with E-state index in [1.807, 2.05) is 24.1 Å². The lowest BCUT2D eigenvalue weighted by atomic mass is 10.0. The number of hydrogen-bond donors (Lipinski definition) is 0. The van der Waals surface area contributed by atoms with E-state index in [0.717, 1.165) is 16.3 Å². The maximum atomic E-state index is 6.19. The lowest BCUT2D eigenvalue weighted by Gasteiger charge is -2.17. The molecule has 0 N–H and O–H groups in total. The Morgan fingerprint density at radius 2 is 2.05 bits per heavy atom. The maximum Gasteiger partial charge on any atom is 0.101 e. The quantitative estimate of drug-likeness (QED) is 0.642. The van der Waals surface area contributed by atoms with Gasteiger partial charge in [-0.2, -0.15) is 0 Å². The number of thiophene rings is 1. The summed E-state index contributed by atoms with van der Waals surface area (Å²) in [6.45, 7) is 2.19. The van der Waals surface area contributed by atoms with Gasteiger partial charge in [-0.3, -0.25) is 0 Å². The van der Waals surface area contributed by atoms with E-state index >= 15 is 0 Å². The number of nitrogens with zero attached hydrogens (tertiary/aromatic N) is 2. The monoisotopic (exact) mass is 302 g/mol. The van der Waals surface area contributed by atoms with Crippen LogP contribution in [0.5, 0.6) is 0 Å². The largest absolute Gasteiger partial charge is 0.330 e. The first kappa shape index (κ1) is 13.4. The van der Waals surface area contributed by atoms with Gasteiger partial charge in [0, 0.05) is 18.0 Å². The second-order valence-electron chi connectivity index (χ2n) is 4.66. The minimum atomic E-state index is 0.337. The normalized spacial score (nSPS) is 12.5. The van der Waals surface area contributed by atoms with Crippen LogP contribution in [0.25, 0.3) is 11.1 Å². The molecule has 3 aromatic rings. The third-order valence-electron chi connectivity index (χ3n) is 3.50. The van der Waals surface area contributed by atoms with E-state index in [1.165, 1.54) is 11.1 Å². The Balaban J connectivity index is 1.91. The SMILES string of the molecule is CCC(c1ccc(-c2ccsc2Cl)cc1)n1ccnc1. The topological polar surface area (TPSA) is 17.8 Å². The minimum Gasteiger partial charge on any atom is -0.330 e. The third kappa shape index (κ3) is 2.51. The molecular weight excluding hydrogens is 288 g/mol. The molecule has 0 radical (unpaired) electrons. The van der Waals surface area contributed by atoms with Crippen molar-refractivity contribution in [2.45, 2.75) is 19.4 Å². The van der Waals surface area contributed by atoms with E-state index in [2.05, 4.69) is 46.8 Å². The van der Waals surface area contributed by atoms with Crippen LogP contribution >= 0.6 is 22.9 Å². The molecule has 0 aliphatic heterocycles. The van der Waals surface area contributed by atoms with Crippen LogP contribution in [0.15, 0.2) is 54.4 Å². The highest BCUT2D eigenvalue weighted by atomic mass is 35.5. The zero-order valence-electron chi connectivity index (χ0n) is 11.2. The Bertz CT molecular complexity index is 671. The molecule has 4 heteroatoms. The van der Waals surface area contributed by atoms with Gasteiger partial charge in [-0.05, 0) is 29.0 Å². The van der Waals surface area contributed by atoms with Gasteiger partial charge in [0.05, 0.1) is 12.4 Å². The molecule has 20 heavy (non-hydrogen) atoms. The minimum absolute atomic E-state index is 0.337. The van der Waals surface area contributed by atoms with Crippen molar-refractivity contribution in [1.82, 2.24) is 9.55 Å². The standard InChI is InChI=1S/C16H15ClN2S/c1-2-15(19-9-8-18-11-19)13-5-3-12(4-6-13)14-7-10-20-16(14)17/h3-11,15H,2H2,1H3. The van der Waals surface area contributed by atoms with E-state index in [-0.39, 0.29) is 0 Å². The second kappa shape index (κ2) is 5.81. The van der Waals surface area contributed by atoms with Gasteiger partial charge in [-0.25, -0.2) is 4.98 Å². The van der Waals surface area contributed by atoms with Crippen LogP contribution in [-0.4, -0.2) is 9.55 Å². The molecule has 0 saturated heterocycles. The molecule has 0 amide bonds. The molecule has 102 valence electrons. The molecule has 0 aliphatic carbocycles. The predicted molar refractivity (Wildman–Crippen MR) is 85.4 cm³/mol. The molecule has 0 bridgehead atoms. The number of benzene rings is 1. The average Bonchev–Trinajstić information content (AvgIpc) is 3.12. The van der Waals surface area contributed by atoms with Gasteiger partial charge in [0.25, 0.3) is 0 Å². The predicted octanol–water partition coefficient (Wildman–Crippen LogP) is 5.26. The summed E-state index contributed by atoms with van der Waals surface area (Å²) in [6, 6.07) is 11.0. The zero-order valence-corrected chi connectivity index (χ0v) is 12.7. The Kier molecular flexibility index (Phi) is 3.90. The van der Waals surface area contributed by atoms with Gasteiger partial charge in [-0.15, -0.1) is 11.3 Å². The Morgan fingerprint density at radius 1 is 1.25 bits per heavy atom. The first-order valence-electron chi connectivity index (χ1n) is 6.60. The van der Waals surface area contributed by atoms with Crippen LogP contribution < -0.4 is 0 Å². The summed E-state index contributed by atoms with van der Waals surface area (Å²) in [5, 5.41) is 2.02. The molecule has 3 rings (SSSR count). The summed E-state index contributed by atoms with van der Waals surface area (Å²) in [4.78, 5) is 4.13. The van der Waals surface area contributed by atoms with Gasteiger partial charge in [-0.1, -0.05) is 42.8 Å². The molecule has 2 aromatic heterocycles. The number of hydrogen-bond acceptors (Lipinski definition) is 2. The third-order valence-corrected chi connectivity index (χ3v) is 4.67. The van der Waals surface area contributed by atoms with Crippen molar-refractivity contribution in [3.05, 3.63) is 64.3 Å². The first-order valence-corrected chi connectivity index (χ1v) is 7.86. The number of rotatable bonds is 4. The molecule has 1 atom stereocenters. The van der Waals surface area contributed by atoms with Gasteiger partial charge in [0.1, 0.15) is 4.34 Å². The Morgan fingerprint density at radius 3 is 2.60 bits per heavy atom. The van der Waals surface area contributed by atoms with E-state index < -0.39 is 0 Å². The smallest absolute Gasteiger partial charge is 0.101 e. The Labute approximate surface area is 127 Å². The summed E-state index contributed by atoms with van der Waals surface area (Å²) in [5.41, 5.74) is 3.57.